The van der Waals surface area contributed by atoms with Gasteiger partial charge in [0.2, 0.25) is 5.91 Å². The lowest BCUT2D eigenvalue weighted by Gasteiger charge is -2.15. The molecular formula is C19H31IN4OS. The molecule has 1 aliphatic carbocycles. The number of carbonyl (C=O) groups is 1. The maximum atomic E-state index is 11.7. The van der Waals surface area contributed by atoms with Crippen LogP contribution in [0.3, 0.4) is 0 Å². The quantitative estimate of drug-likeness (QED) is 0.282. The maximum Gasteiger partial charge on any atom is 0.221 e. The molecule has 0 radical (unpaired) electrons. The molecule has 0 saturated heterocycles. The molecule has 1 fully saturated rings. The molecule has 26 heavy (non-hydrogen) atoms. The fraction of sp³-hybridized carbons (Fsp3) is 0.579. The Morgan fingerprint density at radius 1 is 1.23 bits per heavy atom. The summed E-state index contributed by atoms with van der Waals surface area (Å²) in [6.45, 7) is 8.17. The standard InChI is InChI=1S/C19H30N4OS.HI/c1-4-20-18(21-13-10-17(24)23-15(2)3)22-14-19(11-12-19)25-16-8-6-5-7-9-16;/h5-9,15H,4,10-14H2,1-3H3,(H,23,24)(H2,20,21,22);1H. The topological polar surface area (TPSA) is 65.5 Å². The number of nitrogens with zero attached hydrogens (tertiary/aromatic N) is 1. The Bertz CT molecular complexity index is 576. The Labute approximate surface area is 178 Å². The third kappa shape index (κ3) is 8.62. The van der Waals surface area contributed by atoms with Gasteiger partial charge in [0, 0.05) is 35.2 Å². The minimum atomic E-state index is 0. The van der Waals surface area contributed by atoms with Gasteiger partial charge in [0.15, 0.2) is 5.96 Å². The summed E-state index contributed by atoms with van der Waals surface area (Å²) in [4.78, 5) is 17.8. The predicted octanol–water partition coefficient (Wildman–Crippen LogP) is 3.40. The first-order valence-corrected chi connectivity index (χ1v) is 9.90. The van der Waals surface area contributed by atoms with Crippen molar-refractivity contribution in [1.29, 1.82) is 0 Å². The van der Waals surface area contributed by atoms with Crippen LogP contribution in [-0.2, 0) is 4.79 Å². The smallest absolute Gasteiger partial charge is 0.221 e. The molecule has 1 amide bonds. The van der Waals surface area contributed by atoms with Crippen LogP contribution in [0.25, 0.3) is 0 Å². The lowest BCUT2D eigenvalue weighted by molar-refractivity contribution is -0.121. The van der Waals surface area contributed by atoms with Crippen molar-refractivity contribution in [3.05, 3.63) is 30.3 Å². The third-order valence-electron chi connectivity index (χ3n) is 3.85. The van der Waals surface area contributed by atoms with Crippen LogP contribution in [0.2, 0.25) is 0 Å². The van der Waals surface area contributed by atoms with E-state index < -0.39 is 0 Å². The lowest BCUT2D eigenvalue weighted by atomic mass is 10.3. The zero-order valence-electron chi connectivity index (χ0n) is 15.9. The van der Waals surface area contributed by atoms with Crippen molar-refractivity contribution in [2.45, 2.75) is 55.7 Å². The summed E-state index contributed by atoms with van der Waals surface area (Å²) >= 11 is 1.93. The molecule has 7 heteroatoms. The number of hydrogen-bond donors (Lipinski definition) is 3. The van der Waals surface area contributed by atoms with E-state index in [9.17, 15) is 4.79 Å². The van der Waals surface area contributed by atoms with Crippen LogP contribution >= 0.6 is 35.7 Å². The van der Waals surface area contributed by atoms with E-state index in [1.807, 2.05) is 38.6 Å². The number of thioether (sulfide) groups is 1. The van der Waals surface area contributed by atoms with Crippen LogP contribution in [-0.4, -0.2) is 42.3 Å². The molecule has 0 atom stereocenters. The molecule has 0 aromatic heterocycles. The van der Waals surface area contributed by atoms with Crippen molar-refractivity contribution in [2.75, 3.05) is 19.6 Å². The molecule has 1 aromatic rings. The average Bonchev–Trinajstić information content (AvgIpc) is 3.33. The third-order valence-corrected chi connectivity index (χ3v) is 5.33. The number of nitrogens with one attached hydrogen (secondary N) is 3. The van der Waals surface area contributed by atoms with Crippen molar-refractivity contribution in [3.8, 4) is 0 Å². The zero-order chi connectivity index (χ0) is 18.1. The van der Waals surface area contributed by atoms with E-state index >= 15 is 0 Å². The van der Waals surface area contributed by atoms with Gasteiger partial charge in [-0.15, -0.1) is 35.7 Å². The summed E-state index contributed by atoms with van der Waals surface area (Å²) in [7, 11) is 0. The Morgan fingerprint density at radius 2 is 1.92 bits per heavy atom. The van der Waals surface area contributed by atoms with Crippen molar-refractivity contribution >= 4 is 47.6 Å². The first kappa shape index (κ1) is 23.1. The molecule has 3 N–H and O–H groups in total. The van der Waals surface area contributed by atoms with Gasteiger partial charge in [-0.3, -0.25) is 9.79 Å². The largest absolute Gasteiger partial charge is 0.357 e. The van der Waals surface area contributed by atoms with Crippen LogP contribution in [0.5, 0.6) is 0 Å². The van der Waals surface area contributed by atoms with E-state index in [2.05, 4.69) is 40.2 Å². The highest BCUT2D eigenvalue weighted by Crippen LogP contribution is 2.51. The highest BCUT2D eigenvalue weighted by atomic mass is 127. The molecule has 146 valence electrons. The molecule has 0 bridgehead atoms. The van der Waals surface area contributed by atoms with Crippen LogP contribution < -0.4 is 16.0 Å². The van der Waals surface area contributed by atoms with Crippen molar-refractivity contribution in [3.63, 3.8) is 0 Å². The number of aliphatic imine (C=N–C) groups is 1. The molecule has 1 aromatic carbocycles. The number of benzene rings is 1. The van der Waals surface area contributed by atoms with Gasteiger partial charge in [0.1, 0.15) is 0 Å². The number of amides is 1. The number of guanidine groups is 1. The van der Waals surface area contributed by atoms with Gasteiger partial charge in [-0.05, 0) is 45.7 Å². The average molecular weight is 490 g/mol. The molecule has 5 nitrogen and oxygen atoms in total. The molecule has 0 unspecified atom stereocenters. The highest BCUT2D eigenvalue weighted by molar-refractivity contribution is 14.0. The Kier molecular flexibility index (Phi) is 10.4. The second-order valence-corrected chi connectivity index (χ2v) is 8.23. The predicted molar refractivity (Wildman–Crippen MR) is 122 cm³/mol. The highest BCUT2D eigenvalue weighted by Gasteiger charge is 2.43. The van der Waals surface area contributed by atoms with Gasteiger partial charge in [0.05, 0.1) is 6.54 Å². The Hall–Kier alpha value is -0.960. The molecule has 0 spiro atoms. The molecule has 2 rings (SSSR count). The summed E-state index contributed by atoms with van der Waals surface area (Å²) in [6.07, 6.45) is 2.85. The number of carbonyl (C=O) groups excluding carboxylic acids is 1. The summed E-state index contributed by atoms with van der Waals surface area (Å²) in [5.41, 5.74) is 0. The van der Waals surface area contributed by atoms with E-state index in [0.29, 0.717) is 13.0 Å². The minimum Gasteiger partial charge on any atom is -0.357 e. The zero-order valence-corrected chi connectivity index (χ0v) is 19.0. The number of hydrogen-bond acceptors (Lipinski definition) is 3. The molecule has 1 aliphatic rings. The summed E-state index contributed by atoms with van der Waals surface area (Å²) < 4.78 is 0.235. The van der Waals surface area contributed by atoms with Crippen molar-refractivity contribution in [2.24, 2.45) is 4.99 Å². The first-order valence-electron chi connectivity index (χ1n) is 9.08. The normalized spacial score (nSPS) is 15.2. The second kappa shape index (κ2) is 11.7. The molecular weight excluding hydrogens is 459 g/mol. The number of halogens is 1. The van der Waals surface area contributed by atoms with Gasteiger partial charge >= 0.3 is 0 Å². The molecule has 0 aliphatic heterocycles. The Morgan fingerprint density at radius 3 is 2.50 bits per heavy atom. The fourth-order valence-electron chi connectivity index (χ4n) is 2.42. The van der Waals surface area contributed by atoms with Crippen molar-refractivity contribution < 1.29 is 4.79 Å². The Balaban J connectivity index is 0.00000338. The van der Waals surface area contributed by atoms with Gasteiger partial charge in [0.25, 0.3) is 0 Å². The van der Waals surface area contributed by atoms with E-state index in [1.54, 1.807) is 0 Å². The summed E-state index contributed by atoms with van der Waals surface area (Å²) in [6, 6.07) is 10.7. The van der Waals surface area contributed by atoms with Crippen LogP contribution in [0.15, 0.2) is 40.2 Å². The lowest BCUT2D eigenvalue weighted by Crippen LogP contribution is -2.40. The van der Waals surface area contributed by atoms with Crippen molar-refractivity contribution in [1.82, 2.24) is 16.0 Å². The monoisotopic (exact) mass is 490 g/mol. The maximum absolute atomic E-state index is 11.7. The van der Waals surface area contributed by atoms with Gasteiger partial charge in [-0.25, -0.2) is 0 Å². The first-order chi connectivity index (χ1) is 12.0. The van der Waals surface area contributed by atoms with E-state index in [-0.39, 0.29) is 40.7 Å². The van der Waals surface area contributed by atoms with E-state index in [4.69, 9.17) is 4.99 Å². The van der Waals surface area contributed by atoms with Crippen LogP contribution in [0.1, 0.15) is 40.0 Å². The van der Waals surface area contributed by atoms with E-state index in [0.717, 1.165) is 19.0 Å². The molecule has 1 saturated carbocycles. The minimum absolute atomic E-state index is 0. The van der Waals surface area contributed by atoms with Gasteiger partial charge in [-0.2, -0.15) is 0 Å². The van der Waals surface area contributed by atoms with Gasteiger partial charge < -0.3 is 16.0 Å². The molecule has 0 heterocycles. The van der Waals surface area contributed by atoms with Gasteiger partial charge in [-0.1, -0.05) is 18.2 Å². The second-order valence-electron chi connectivity index (χ2n) is 6.69. The number of rotatable bonds is 9. The fourth-order valence-corrected chi connectivity index (χ4v) is 3.65. The van der Waals surface area contributed by atoms with E-state index in [1.165, 1.54) is 17.7 Å². The SMILES string of the molecule is CCNC(=NCC1(Sc2ccccc2)CC1)NCCC(=O)NC(C)C.I. The summed E-state index contributed by atoms with van der Waals surface area (Å²) in [5, 5.41) is 9.42. The van der Waals surface area contributed by atoms with Crippen LogP contribution in [0.4, 0.5) is 0 Å². The van der Waals surface area contributed by atoms with Crippen LogP contribution in [0, 0.1) is 0 Å². The summed E-state index contributed by atoms with van der Waals surface area (Å²) in [5.74, 6) is 0.858.